The number of aromatic nitrogens is 7. The van der Waals surface area contributed by atoms with Crippen LogP contribution in [0.2, 0.25) is 0 Å². The van der Waals surface area contributed by atoms with Gasteiger partial charge in [-0.3, -0.25) is 5.10 Å². The molecule has 152 valence electrons. The Bertz CT molecular complexity index is 1120. The number of nitrogens with one attached hydrogen (secondary N) is 2. The van der Waals surface area contributed by atoms with Gasteiger partial charge in [-0.25, -0.2) is 18.7 Å². The van der Waals surface area contributed by atoms with Crippen molar-refractivity contribution in [1.82, 2.24) is 35.6 Å². The average molecular weight is 411 g/mol. The number of anilines is 2. The fourth-order valence-electron chi connectivity index (χ4n) is 3.12. The summed E-state index contributed by atoms with van der Waals surface area (Å²) in [6.07, 6.45) is 4.85. The Morgan fingerprint density at radius 3 is 2.53 bits per heavy atom. The fraction of sp³-hybridized carbons (Fsp3) is 0.222. The molecule has 1 aromatic carbocycles. The number of benzene rings is 1. The minimum Gasteiger partial charge on any atom is -0.403 e. The lowest BCUT2D eigenvalue weighted by atomic mass is 9.98. The number of rotatable bonds is 6. The minimum atomic E-state index is -0.634. The third kappa shape index (κ3) is 3.66. The van der Waals surface area contributed by atoms with Crippen LogP contribution in [0.5, 0.6) is 0 Å². The van der Waals surface area contributed by atoms with Gasteiger partial charge in [0.15, 0.2) is 0 Å². The molecule has 4 heterocycles. The second-order valence-electron chi connectivity index (χ2n) is 6.82. The van der Waals surface area contributed by atoms with Crippen LogP contribution >= 0.6 is 0 Å². The molecule has 3 aromatic heterocycles. The van der Waals surface area contributed by atoms with Crippen LogP contribution in [0.15, 0.2) is 41.2 Å². The predicted molar refractivity (Wildman–Crippen MR) is 100 cm³/mol. The number of hydrogen-bond acceptors (Lipinski definition) is 9. The molecule has 30 heavy (non-hydrogen) atoms. The lowest BCUT2D eigenvalue weighted by Crippen LogP contribution is -2.45. The molecule has 0 unspecified atom stereocenters. The van der Waals surface area contributed by atoms with Crippen molar-refractivity contribution in [3.8, 4) is 11.5 Å². The van der Waals surface area contributed by atoms with Crippen LogP contribution in [0.1, 0.15) is 17.2 Å². The quantitative estimate of drug-likeness (QED) is 0.491. The Balaban J connectivity index is 1.20. The van der Waals surface area contributed by atoms with E-state index in [1.165, 1.54) is 24.5 Å². The fourth-order valence-corrected chi connectivity index (χ4v) is 3.12. The molecular formula is C18H15F2N9O. The van der Waals surface area contributed by atoms with Gasteiger partial charge < -0.3 is 14.6 Å². The van der Waals surface area contributed by atoms with Crippen molar-refractivity contribution in [2.75, 3.05) is 23.3 Å². The highest BCUT2D eigenvalue weighted by molar-refractivity contribution is 5.52. The maximum Gasteiger partial charge on any atom is 0.318 e. The molecule has 0 saturated carbocycles. The maximum atomic E-state index is 13.2. The standard InChI is InChI=1S/C18H15F2N9O/c19-13-1-10(2-14(20)3-13)4-21-17-22-5-11(6-23-17)16-26-27-18(30-16)29-8-12(9-29)15-7-24-28-25-15/h1-3,5-7,12H,4,8-9H2,(H,21,22,23)(H,24,25,28). The van der Waals surface area contributed by atoms with E-state index in [2.05, 4.69) is 40.9 Å². The second kappa shape index (κ2) is 7.46. The molecule has 10 nitrogen and oxygen atoms in total. The number of nitrogens with zero attached hydrogens (tertiary/aromatic N) is 7. The van der Waals surface area contributed by atoms with Crippen molar-refractivity contribution in [3.63, 3.8) is 0 Å². The highest BCUT2D eigenvalue weighted by Crippen LogP contribution is 2.30. The Labute approximate surface area is 168 Å². The zero-order chi connectivity index (χ0) is 20.5. The summed E-state index contributed by atoms with van der Waals surface area (Å²) in [5.74, 6) is -0.385. The van der Waals surface area contributed by atoms with E-state index in [0.717, 1.165) is 11.8 Å². The van der Waals surface area contributed by atoms with Gasteiger partial charge in [0.1, 0.15) is 11.6 Å². The summed E-state index contributed by atoms with van der Waals surface area (Å²) < 4.78 is 32.2. The first-order valence-electron chi connectivity index (χ1n) is 9.10. The Kier molecular flexibility index (Phi) is 4.50. The van der Waals surface area contributed by atoms with Gasteiger partial charge in [-0.1, -0.05) is 10.3 Å². The summed E-state index contributed by atoms with van der Waals surface area (Å²) in [4.78, 5) is 10.3. The molecule has 1 aliphatic rings. The van der Waals surface area contributed by atoms with E-state index < -0.39 is 11.6 Å². The van der Waals surface area contributed by atoms with Crippen LogP contribution in [-0.4, -0.2) is 48.7 Å². The van der Waals surface area contributed by atoms with Crippen molar-refractivity contribution < 1.29 is 13.2 Å². The van der Waals surface area contributed by atoms with Crippen molar-refractivity contribution in [3.05, 3.63) is 59.7 Å². The molecular weight excluding hydrogens is 396 g/mol. The highest BCUT2D eigenvalue weighted by atomic mass is 19.1. The molecule has 0 spiro atoms. The predicted octanol–water partition coefficient (Wildman–Crippen LogP) is 2.14. The van der Waals surface area contributed by atoms with E-state index in [0.29, 0.717) is 42.1 Å². The van der Waals surface area contributed by atoms with Crippen LogP contribution in [0, 0.1) is 11.6 Å². The first kappa shape index (κ1) is 18.1. The number of H-pyrrole nitrogens is 1. The first-order chi connectivity index (χ1) is 14.6. The monoisotopic (exact) mass is 411 g/mol. The van der Waals surface area contributed by atoms with Crippen LogP contribution in [0.3, 0.4) is 0 Å². The molecule has 1 fully saturated rings. The van der Waals surface area contributed by atoms with Crippen molar-refractivity contribution >= 4 is 12.0 Å². The molecule has 4 aromatic rings. The summed E-state index contributed by atoms with van der Waals surface area (Å²) in [6, 6.07) is 3.73. The second-order valence-corrected chi connectivity index (χ2v) is 6.82. The van der Waals surface area contributed by atoms with Gasteiger partial charge in [-0.05, 0) is 17.7 Å². The van der Waals surface area contributed by atoms with E-state index >= 15 is 0 Å². The summed E-state index contributed by atoms with van der Waals surface area (Å²) in [5.41, 5.74) is 1.91. The normalized spacial score (nSPS) is 14.0. The van der Waals surface area contributed by atoms with Crippen molar-refractivity contribution in [2.24, 2.45) is 0 Å². The van der Waals surface area contributed by atoms with E-state index in [4.69, 9.17) is 4.42 Å². The molecule has 0 bridgehead atoms. The van der Waals surface area contributed by atoms with Crippen LogP contribution in [0.25, 0.3) is 11.5 Å². The van der Waals surface area contributed by atoms with Crippen molar-refractivity contribution in [1.29, 1.82) is 0 Å². The van der Waals surface area contributed by atoms with Gasteiger partial charge >= 0.3 is 6.01 Å². The molecule has 2 N–H and O–H groups in total. The highest BCUT2D eigenvalue weighted by Gasteiger charge is 2.33. The minimum absolute atomic E-state index is 0.181. The zero-order valence-electron chi connectivity index (χ0n) is 15.5. The van der Waals surface area contributed by atoms with E-state index in [-0.39, 0.29) is 12.5 Å². The summed E-state index contributed by atoms with van der Waals surface area (Å²) in [6.45, 7) is 1.61. The summed E-state index contributed by atoms with van der Waals surface area (Å²) in [5, 5.41) is 21.5. The van der Waals surface area contributed by atoms with Crippen LogP contribution in [0.4, 0.5) is 20.7 Å². The van der Waals surface area contributed by atoms with Crippen LogP contribution in [-0.2, 0) is 6.54 Å². The lowest BCUT2D eigenvalue weighted by molar-refractivity contribution is 0.449. The number of hydrogen-bond donors (Lipinski definition) is 2. The third-order valence-corrected chi connectivity index (χ3v) is 4.69. The van der Waals surface area contributed by atoms with Crippen molar-refractivity contribution in [2.45, 2.75) is 12.5 Å². The molecule has 5 rings (SSSR count). The topological polar surface area (TPSA) is 122 Å². The lowest BCUT2D eigenvalue weighted by Gasteiger charge is -2.36. The Morgan fingerprint density at radius 1 is 1.07 bits per heavy atom. The molecule has 0 atom stereocenters. The number of halogens is 2. The van der Waals surface area contributed by atoms with Gasteiger partial charge in [0, 0.05) is 50.2 Å². The zero-order valence-corrected chi connectivity index (χ0v) is 15.5. The smallest absolute Gasteiger partial charge is 0.318 e. The largest absolute Gasteiger partial charge is 0.403 e. The molecule has 1 saturated heterocycles. The summed E-state index contributed by atoms with van der Waals surface area (Å²) >= 11 is 0. The van der Waals surface area contributed by atoms with Gasteiger partial charge in [0.25, 0.3) is 5.89 Å². The Morgan fingerprint density at radius 2 is 1.83 bits per heavy atom. The number of aromatic amines is 1. The SMILES string of the molecule is Fc1cc(F)cc(CNc2ncc(-c3nnc(N4CC(c5c[nH]nn5)C4)o3)cn2)c1. The van der Waals surface area contributed by atoms with Gasteiger partial charge in [0.2, 0.25) is 5.95 Å². The third-order valence-electron chi connectivity index (χ3n) is 4.69. The van der Waals surface area contributed by atoms with E-state index in [1.54, 1.807) is 6.20 Å². The van der Waals surface area contributed by atoms with E-state index in [1.807, 2.05) is 4.90 Å². The van der Waals surface area contributed by atoms with Gasteiger partial charge in [0.05, 0.1) is 11.3 Å². The van der Waals surface area contributed by atoms with Gasteiger partial charge in [-0.15, -0.1) is 10.2 Å². The first-order valence-corrected chi connectivity index (χ1v) is 9.10. The maximum absolute atomic E-state index is 13.2. The molecule has 0 aliphatic carbocycles. The average Bonchev–Trinajstić information content (AvgIpc) is 3.38. The molecule has 12 heteroatoms. The van der Waals surface area contributed by atoms with Crippen LogP contribution < -0.4 is 10.2 Å². The summed E-state index contributed by atoms with van der Waals surface area (Å²) in [7, 11) is 0. The van der Waals surface area contributed by atoms with E-state index in [9.17, 15) is 8.78 Å². The molecule has 0 amide bonds. The molecule has 1 aliphatic heterocycles. The molecule has 0 radical (unpaired) electrons. The van der Waals surface area contributed by atoms with Gasteiger partial charge in [-0.2, -0.15) is 0 Å². The Hall–Kier alpha value is -3.96.